The second-order valence-corrected chi connectivity index (χ2v) is 8.70. The highest BCUT2D eigenvalue weighted by Gasteiger charge is 2.22. The predicted octanol–water partition coefficient (Wildman–Crippen LogP) is 4.25. The molecule has 3 aromatic heterocycles. The molecule has 134 valence electrons. The molecule has 1 amide bonds. The lowest BCUT2D eigenvalue weighted by Gasteiger charge is -2.05. The molecule has 1 aliphatic carbocycles. The summed E-state index contributed by atoms with van der Waals surface area (Å²) in [5, 5.41) is 9.32. The van der Waals surface area contributed by atoms with Crippen LogP contribution >= 0.6 is 34.4 Å². The molecule has 3 aromatic rings. The van der Waals surface area contributed by atoms with E-state index in [1.807, 2.05) is 23.6 Å². The van der Waals surface area contributed by atoms with Crippen LogP contribution in [0.3, 0.4) is 0 Å². The van der Waals surface area contributed by atoms with E-state index in [0.717, 1.165) is 34.9 Å². The summed E-state index contributed by atoms with van der Waals surface area (Å²) in [6.07, 6.45) is 2.22. The number of thioether (sulfide) groups is 1. The van der Waals surface area contributed by atoms with Crippen molar-refractivity contribution in [2.24, 2.45) is 0 Å². The topological polar surface area (TPSA) is 85.1 Å². The highest BCUT2D eigenvalue weighted by molar-refractivity contribution is 7.99. The summed E-state index contributed by atoms with van der Waals surface area (Å²) in [5.74, 6) is 1.63. The average Bonchev–Trinajstić information content (AvgIpc) is 3.35. The van der Waals surface area contributed by atoms with Crippen LogP contribution in [0.5, 0.6) is 0 Å². The van der Waals surface area contributed by atoms with E-state index >= 15 is 0 Å². The van der Waals surface area contributed by atoms with E-state index in [9.17, 15) is 9.59 Å². The number of nitrogens with one attached hydrogen (secondary N) is 1. The number of hydrogen-bond donors (Lipinski definition) is 1. The number of amides is 1. The Kier molecular flexibility index (Phi) is 5.18. The van der Waals surface area contributed by atoms with E-state index in [4.69, 9.17) is 4.52 Å². The number of rotatable bonds is 6. The van der Waals surface area contributed by atoms with Crippen molar-refractivity contribution in [2.75, 3.05) is 11.1 Å². The average molecular weight is 406 g/mol. The minimum atomic E-state index is -0.129. The van der Waals surface area contributed by atoms with E-state index in [2.05, 4.69) is 15.5 Å². The maximum absolute atomic E-state index is 12.1. The molecule has 0 aromatic carbocycles. The van der Waals surface area contributed by atoms with E-state index < -0.39 is 0 Å². The van der Waals surface area contributed by atoms with Gasteiger partial charge in [0.25, 0.3) is 0 Å². The van der Waals surface area contributed by atoms with Crippen LogP contribution < -0.4 is 5.32 Å². The van der Waals surface area contributed by atoms with Crippen LogP contribution in [-0.2, 0) is 17.0 Å². The molecule has 1 aliphatic rings. The van der Waals surface area contributed by atoms with Crippen molar-refractivity contribution in [3.8, 4) is 10.6 Å². The number of anilines is 1. The normalized spacial score (nSPS) is 13.6. The van der Waals surface area contributed by atoms with E-state index in [0.29, 0.717) is 27.9 Å². The Labute approximate surface area is 162 Å². The lowest BCUT2D eigenvalue weighted by molar-refractivity contribution is -0.113. The summed E-state index contributed by atoms with van der Waals surface area (Å²) in [4.78, 5) is 30.0. The third kappa shape index (κ3) is 3.89. The first-order chi connectivity index (χ1) is 12.7. The van der Waals surface area contributed by atoms with Gasteiger partial charge in [-0.3, -0.25) is 9.59 Å². The zero-order valence-electron chi connectivity index (χ0n) is 13.7. The van der Waals surface area contributed by atoms with E-state index in [1.54, 1.807) is 11.3 Å². The van der Waals surface area contributed by atoms with Gasteiger partial charge in [0.05, 0.1) is 26.9 Å². The molecule has 26 heavy (non-hydrogen) atoms. The van der Waals surface area contributed by atoms with Crippen LogP contribution in [0, 0.1) is 0 Å². The number of thiazole rings is 1. The molecule has 0 saturated heterocycles. The highest BCUT2D eigenvalue weighted by Crippen LogP contribution is 2.30. The van der Waals surface area contributed by atoms with Gasteiger partial charge in [0.2, 0.25) is 5.91 Å². The molecule has 9 heteroatoms. The van der Waals surface area contributed by atoms with Crippen LogP contribution in [-0.4, -0.2) is 27.6 Å². The first-order valence-corrected chi connectivity index (χ1v) is 10.9. The number of nitrogens with zero attached hydrogens (tertiary/aromatic N) is 2. The van der Waals surface area contributed by atoms with Crippen LogP contribution in [0.4, 0.5) is 5.13 Å². The van der Waals surface area contributed by atoms with Crippen molar-refractivity contribution >= 4 is 51.3 Å². The molecule has 0 unspecified atom stereocenters. The fourth-order valence-corrected chi connectivity index (χ4v) is 5.01. The molecular formula is C17H15N3O3S3. The van der Waals surface area contributed by atoms with Crippen molar-refractivity contribution in [3.05, 3.63) is 39.8 Å². The van der Waals surface area contributed by atoms with Crippen LogP contribution in [0.15, 0.2) is 28.1 Å². The van der Waals surface area contributed by atoms with Gasteiger partial charge in [-0.25, -0.2) is 4.98 Å². The molecule has 0 saturated carbocycles. The van der Waals surface area contributed by atoms with Gasteiger partial charge in [0.1, 0.15) is 0 Å². The van der Waals surface area contributed by atoms with E-state index in [-0.39, 0.29) is 11.7 Å². The number of Topliss-reactive ketones (excluding diaryl/α,β-unsaturated/α-hetero) is 1. The second-order valence-electron chi connectivity index (χ2n) is 5.77. The van der Waals surface area contributed by atoms with Crippen molar-refractivity contribution < 1.29 is 14.1 Å². The molecule has 0 fully saturated rings. The van der Waals surface area contributed by atoms with Gasteiger partial charge in [-0.2, -0.15) is 0 Å². The Morgan fingerprint density at radius 1 is 1.38 bits per heavy atom. The molecule has 0 spiro atoms. The quantitative estimate of drug-likeness (QED) is 0.660. The van der Waals surface area contributed by atoms with Gasteiger partial charge in [0, 0.05) is 18.2 Å². The number of fused-ring (bicyclic) bond motifs is 1. The monoisotopic (exact) mass is 405 g/mol. The Morgan fingerprint density at radius 3 is 3.12 bits per heavy atom. The molecule has 0 bridgehead atoms. The molecular weight excluding hydrogens is 390 g/mol. The van der Waals surface area contributed by atoms with Crippen molar-refractivity contribution in [3.63, 3.8) is 0 Å². The van der Waals surface area contributed by atoms with Crippen molar-refractivity contribution in [1.29, 1.82) is 0 Å². The molecule has 0 aliphatic heterocycles. The molecule has 6 nitrogen and oxygen atoms in total. The van der Waals surface area contributed by atoms with E-state index in [1.165, 1.54) is 23.1 Å². The predicted molar refractivity (Wildman–Crippen MR) is 104 cm³/mol. The number of aryl methyl sites for hydroxylation is 1. The largest absolute Gasteiger partial charge is 0.355 e. The number of aromatic nitrogens is 2. The smallest absolute Gasteiger partial charge is 0.236 e. The minimum Gasteiger partial charge on any atom is -0.355 e. The summed E-state index contributed by atoms with van der Waals surface area (Å²) >= 11 is 4.33. The summed E-state index contributed by atoms with van der Waals surface area (Å²) in [7, 11) is 0. The summed E-state index contributed by atoms with van der Waals surface area (Å²) in [5.41, 5.74) is 1.62. The first-order valence-electron chi connectivity index (χ1n) is 8.09. The first kappa shape index (κ1) is 17.4. The molecule has 0 atom stereocenters. The Balaban J connectivity index is 1.27. The van der Waals surface area contributed by atoms with Crippen molar-refractivity contribution in [1.82, 2.24) is 10.1 Å². The van der Waals surface area contributed by atoms with Gasteiger partial charge in [-0.15, -0.1) is 23.1 Å². The summed E-state index contributed by atoms with van der Waals surface area (Å²) < 4.78 is 5.33. The molecule has 4 rings (SSSR count). The third-order valence-corrected chi connectivity index (χ3v) is 6.73. The van der Waals surface area contributed by atoms with Crippen molar-refractivity contribution in [2.45, 2.75) is 25.0 Å². The standard InChI is InChI=1S/C17H15N3O3S3/c21-12-4-1-3-11-16(12)26-17(18-11)19-15(22)9-24-8-10-7-13(23-20-10)14-5-2-6-25-14/h2,5-7H,1,3-4,8-9H2,(H,18,19,22). The second kappa shape index (κ2) is 7.73. The molecule has 1 N–H and O–H groups in total. The molecule has 0 radical (unpaired) electrons. The van der Waals surface area contributed by atoms with Gasteiger partial charge < -0.3 is 9.84 Å². The lowest BCUT2D eigenvalue weighted by atomic mass is 10.0. The molecule has 3 heterocycles. The number of hydrogen-bond acceptors (Lipinski definition) is 8. The zero-order valence-corrected chi connectivity index (χ0v) is 16.1. The fraction of sp³-hybridized carbons (Fsp3) is 0.294. The maximum Gasteiger partial charge on any atom is 0.236 e. The SMILES string of the molecule is O=C(CSCc1cc(-c2cccs2)on1)Nc1nc2c(s1)C(=O)CCC2. The lowest BCUT2D eigenvalue weighted by Crippen LogP contribution is -2.14. The third-order valence-electron chi connectivity index (χ3n) is 3.82. The Morgan fingerprint density at radius 2 is 2.31 bits per heavy atom. The summed E-state index contributed by atoms with van der Waals surface area (Å²) in [6.45, 7) is 0. The van der Waals surface area contributed by atoms with Crippen LogP contribution in [0.25, 0.3) is 10.6 Å². The summed E-state index contributed by atoms with van der Waals surface area (Å²) in [6, 6.07) is 5.84. The van der Waals surface area contributed by atoms with Gasteiger partial charge >= 0.3 is 0 Å². The Hall–Kier alpha value is -1.97. The number of thiophene rings is 1. The number of carbonyl (C=O) groups is 2. The highest BCUT2D eigenvalue weighted by atomic mass is 32.2. The number of ketones is 1. The van der Waals surface area contributed by atoms with Crippen LogP contribution in [0.1, 0.15) is 33.9 Å². The van der Waals surface area contributed by atoms with Crippen LogP contribution in [0.2, 0.25) is 0 Å². The van der Waals surface area contributed by atoms with Gasteiger partial charge in [0.15, 0.2) is 16.7 Å². The zero-order chi connectivity index (χ0) is 17.9. The minimum absolute atomic E-state index is 0.129. The fourth-order valence-electron chi connectivity index (χ4n) is 2.64. The maximum atomic E-state index is 12.1. The van der Waals surface area contributed by atoms with Gasteiger partial charge in [-0.1, -0.05) is 22.6 Å². The number of carbonyl (C=O) groups excluding carboxylic acids is 2. The van der Waals surface area contributed by atoms with Gasteiger partial charge in [-0.05, 0) is 24.3 Å². The Bertz CT molecular complexity index is 930.